The molecule has 0 aromatic heterocycles. The molecule has 0 spiro atoms. The number of amides is 1. The van der Waals surface area contributed by atoms with Crippen molar-refractivity contribution >= 4 is 28.1 Å². The van der Waals surface area contributed by atoms with Crippen molar-refractivity contribution in [3.05, 3.63) is 81.9 Å². The maximum absolute atomic E-state index is 13.2. The first-order valence-corrected chi connectivity index (χ1v) is 9.38. The van der Waals surface area contributed by atoms with E-state index < -0.39 is 0 Å². The Morgan fingerprint density at radius 3 is 2.46 bits per heavy atom. The number of non-ortho nitro benzene ring substituents is 1. The number of hydrogen-bond acceptors (Lipinski definition) is 4. The van der Waals surface area contributed by atoms with Gasteiger partial charge in [-0.2, -0.15) is 0 Å². The summed E-state index contributed by atoms with van der Waals surface area (Å²) in [5.41, 5.74) is 2.59. The van der Waals surface area contributed by atoms with Gasteiger partial charge in [0.05, 0.1) is 16.0 Å². The van der Waals surface area contributed by atoms with Gasteiger partial charge in [-0.15, -0.1) is 0 Å². The van der Waals surface area contributed by atoms with Crippen LogP contribution in [0.25, 0.3) is 10.8 Å². The predicted octanol–water partition coefficient (Wildman–Crippen LogP) is 4.71. The van der Waals surface area contributed by atoms with Crippen LogP contribution in [0.3, 0.4) is 0 Å². The number of carbonyl (C=O) groups is 1. The van der Waals surface area contributed by atoms with Crippen LogP contribution in [0.1, 0.15) is 28.8 Å². The van der Waals surface area contributed by atoms with Crippen LogP contribution >= 0.6 is 0 Å². The molecule has 1 saturated heterocycles. The third kappa shape index (κ3) is 3.17. The van der Waals surface area contributed by atoms with Crippen LogP contribution in [0.4, 0.5) is 11.4 Å². The van der Waals surface area contributed by atoms with Crippen LogP contribution in [0.5, 0.6) is 0 Å². The molecule has 3 aromatic carbocycles. The Bertz CT molecular complexity index is 1060. The number of hydrogen-bond donors (Lipinski definition) is 0. The van der Waals surface area contributed by atoms with E-state index in [0.717, 1.165) is 29.5 Å². The van der Waals surface area contributed by atoms with Gasteiger partial charge in [0.1, 0.15) is 0 Å². The molecule has 1 fully saturated rings. The van der Waals surface area contributed by atoms with E-state index in [1.165, 1.54) is 6.07 Å². The number of nitro groups is 1. The lowest BCUT2D eigenvalue weighted by Gasteiger charge is -2.40. The average molecular weight is 375 g/mol. The maximum atomic E-state index is 13.2. The molecule has 1 amide bonds. The summed E-state index contributed by atoms with van der Waals surface area (Å²) >= 11 is 0. The largest absolute Gasteiger partial charge is 0.282 e. The normalized spacial score (nSPS) is 14.3. The summed E-state index contributed by atoms with van der Waals surface area (Å²) in [7, 11) is 0. The first-order chi connectivity index (χ1) is 13.6. The van der Waals surface area contributed by atoms with E-state index in [-0.39, 0.29) is 16.5 Å². The number of nitrogens with zero attached hydrogens (tertiary/aromatic N) is 3. The Morgan fingerprint density at radius 1 is 0.964 bits per heavy atom. The second-order valence-electron chi connectivity index (χ2n) is 7.03. The zero-order valence-corrected chi connectivity index (χ0v) is 15.7. The summed E-state index contributed by atoms with van der Waals surface area (Å²) in [6, 6.07) is 18.2. The van der Waals surface area contributed by atoms with E-state index in [0.29, 0.717) is 24.0 Å². The summed E-state index contributed by atoms with van der Waals surface area (Å²) in [5, 5.41) is 16.5. The lowest BCUT2D eigenvalue weighted by molar-refractivity contribution is -0.383. The Kier molecular flexibility index (Phi) is 4.69. The van der Waals surface area contributed by atoms with Crippen molar-refractivity contribution in [1.82, 2.24) is 5.01 Å². The molecular weight excluding hydrogens is 354 g/mol. The van der Waals surface area contributed by atoms with Gasteiger partial charge in [0.15, 0.2) is 0 Å². The highest BCUT2D eigenvalue weighted by atomic mass is 16.6. The molecule has 0 saturated carbocycles. The molecule has 28 heavy (non-hydrogen) atoms. The smallest absolute Gasteiger partial charge is 0.277 e. The molecule has 0 unspecified atom stereocenters. The third-order valence-corrected chi connectivity index (χ3v) is 5.13. The summed E-state index contributed by atoms with van der Waals surface area (Å²) in [4.78, 5) is 24.3. The van der Waals surface area contributed by atoms with Gasteiger partial charge < -0.3 is 0 Å². The minimum atomic E-state index is -0.363. The van der Waals surface area contributed by atoms with Crippen molar-refractivity contribution in [3.8, 4) is 0 Å². The van der Waals surface area contributed by atoms with Crippen LogP contribution < -0.4 is 5.01 Å². The fourth-order valence-electron chi connectivity index (χ4n) is 3.80. The molecular formula is C22H21N3O3. The predicted molar refractivity (Wildman–Crippen MR) is 109 cm³/mol. The molecule has 1 aliphatic rings. The van der Waals surface area contributed by atoms with E-state index in [2.05, 4.69) is 0 Å². The van der Waals surface area contributed by atoms with Gasteiger partial charge in [-0.25, -0.2) is 5.01 Å². The number of carbonyl (C=O) groups excluding carboxylic acids is 1. The summed E-state index contributed by atoms with van der Waals surface area (Å²) < 4.78 is 0. The van der Waals surface area contributed by atoms with E-state index in [9.17, 15) is 14.9 Å². The summed E-state index contributed by atoms with van der Waals surface area (Å²) in [6.45, 7) is 3.28. The standard InChI is InChI=1S/C22H21N3O3/c1-16-7-6-8-17(15-16)22(26)24-14-5-4-13-23(24)20-11-12-21(25(27)28)19-10-3-2-9-18(19)20/h2-3,6-12,15H,4-5,13-14H2,1H3. The number of hydrazine groups is 1. The molecule has 1 heterocycles. The zero-order chi connectivity index (χ0) is 19.7. The van der Waals surface area contributed by atoms with E-state index >= 15 is 0 Å². The van der Waals surface area contributed by atoms with Crippen LogP contribution in [0.2, 0.25) is 0 Å². The highest BCUT2D eigenvalue weighted by Crippen LogP contribution is 2.35. The lowest BCUT2D eigenvalue weighted by Crippen LogP contribution is -2.50. The number of nitro benzene ring substituents is 1. The molecule has 0 atom stereocenters. The SMILES string of the molecule is Cc1cccc(C(=O)N2CCCCN2c2ccc([N+](=O)[O-])c3ccccc23)c1. The van der Waals surface area contributed by atoms with Gasteiger partial charge in [0.2, 0.25) is 0 Å². The average Bonchev–Trinajstić information content (AvgIpc) is 2.72. The van der Waals surface area contributed by atoms with E-state index in [1.54, 1.807) is 23.2 Å². The second kappa shape index (κ2) is 7.31. The molecule has 1 aliphatic heterocycles. The lowest BCUT2D eigenvalue weighted by atomic mass is 10.1. The van der Waals surface area contributed by atoms with E-state index in [1.807, 2.05) is 48.3 Å². The van der Waals surface area contributed by atoms with Gasteiger partial charge in [0.25, 0.3) is 11.6 Å². The topological polar surface area (TPSA) is 66.7 Å². The molecule has 6 heteroatoms. The monoisotopic (exact) mass is 375 g/mol. The fourth-order valence-corrected chi connectivity index (χ4v) is 3.80. The first kappa shape index (κ1) is 18.0. The number of benzene rings is 3. The number of anilines is 1. The number of fused-ring (bicyclic) bond motifs is 1. The highest BCUT2D eigenvalue weighted by molar-refractivity contribution is 6.01. The molecule has 0 radical (unpaired) electrons. The van der Waals surface area contributed by atoms with Crippen LogP contribution in [-0.4, -0.2) is 28.9 Å². The highest BCUT2D eigenvalue weighted by Gasteiger charge is 2.28. The Hall–Kier alpha value is -3.41. The number of rotatable bonds is 3. The molecule has 3 aromatic rings. The van der Waals surface area contributed by atoms with Gasteiger partial charge >= 0.3 is 0 Å². The van der Waals surface area contributed by atoms with Crippen molar-refractivity contribution in [2.75, 3.05) is 18.1 Å². The first-order valence-electron chi connectivity index (χ1n) is 9.38. The fraction of sp³-hybridized carbons (Fsp3) is 0.227. The Balaban J connectivity index is 1.79. The van der Waals surface area contributed by atoms with E-state index in [4.69, 9.17) is 0 Å². The van der Waals surface area contributed by atoms with Crippen molar-refractivity contribution in [3.63, 3.8) is 0 Å². The third-order valence-electron chi connectivity index (χ3n) is 5.13. The molecule has 0 aliphatic carbocycles. The Morgan fingerprint density at radius 2 is 1.71 bits per heavy atom. The van der Waals surface area contributed by atoms with Gasteiger partial charge in [-0.3, -0.25) is 19.9 Å². The van der Waals surface area contributed by atoms with Crippen molar-refractivity contribution in [2.24, 2.45) is 0 Å². The molecule has 4 rings (SSSR count). The molecule has 142 valence electrons. The Labute approximate surface area is 163 Å². The van der Waals surface area contributed by atoms with Crippen molar-refractivity contribution < 1.29 is 9.72 Å². The molecule has 0 N–H and O–H groups in total. The van der Waals surface area contributed by atoms with Crippen molar-refractivity contribution in [2.45, 2.75) is 19.8 Å². The van der Waals surface area contributed by atoms with Gasteiger partial charge in [-0.1, -0.05) is 35.9 Å². The minimum Gasteiger partial charge on any atom is -0.282 e. The summed E-state index contributed by atoms with van der Waals surface area (Å²) in [6.07, 6.45) is 1.89. The minimum absolute atomic E-state index is 0.0502. The van der Waals surface area contributed by atoms with Gasteiger partial charge in [-0.05, 0) is 44.0 Å². The quantitative estimate of drug-likeness (QED) is 0.491. The maximum Gasteiger partial charge on any atom is 0.277 e. The van der Waals surface area contributed by atoms with Crippen LogP contribution in [-0.2, 0) is 0 Å². The molecule has 0 bridgehead atoms. The zero-order valence-electron chi connectivity index (χ0n) is 15.7. The van der Waals surface area contributed by atoms with Crippen LogP contribution in [0, 0.1) is 17.0 Å². The van der Waals surface area contributed by atoms with Crippen LogP contribution in [0.15, 0.2) is 60.7 Å². The molecule has 6 nitrogen and oxygen atoms in total. The summed E-state index contributed by atoms with van der Waals surface area (Å²) in [5.74, 6) is -0.0502. The second-order valence-corrected chi connectivity index (χ2v) is 7.03. The van der Waals surface area contributed by atoms with Gasteiger partial charge in [0, 0.05) is 30.1 Å². The number of aryl methyl sites for hydroxylation is 1. The van der Waals surface area contributed by atoms with Crippen molar-refractivity contribution in [1.29, 1.82) is 0 Å².